The standard InChI is InChI=1S/C13H12Br2INS/c1-17-13(6-10-4-8(14)7-18-10)11-5-9(16)2-3-12(11)15/h2-5,7,13,17H,6H2,1H3. The lowest BCUT2D eigenvalue weighted by Gasteiger charge is -2.17. The Morgan fingerprint density at radius 3 is 2.72 bits per heavy atom. The van der Waals surface area contributed by atoms with Gasteiger partial charge in [0, 0.05) is 35.2 Å². The van der Waals surface area contributed by atoms with Crippen LogP contribution in [0.1, 0.15) is 16.5 Å². The molecule has 0 radical (unpaired) electrons. The first-order valence-corrected chi connectivity index (χ1v) is 8.99. The minimum Gasteiger partial charge on any atom is -0.313 e. The first kappa shape index (κ1) is 15.0. The van der Waals surface area contributed by atoms with Gasteiger partial charge in [-0.1, -0.05) is 15.9 Å². The highest BCUT2D eigenvalue weighted by atomic mass is 127. The summed E-state index contributed by atoms with van der Waals surface area (Å²) in [7, 11) is 2.01. The van der Waals surface area contributed by atoms with Crippen molar-refractivity contribution in [3.05, 3.63) is 52.6 Å². The molecule has 0 bridgehead atoms. The third-order valence-corrected chi connectivity index (χ3v) is 5.82. The van der Waals surface area contributed by atoms with E-state index in [-0.39, 0.29) is 0 Å². The van der Waals surface area contributed by atoms with Gasteiger partial charge in [-0.3, -0.25) is 0 Å². The average Bonchev–Trinajstić information content (AvgIpc) is 2.75. The minimum atomic E-state index is 0.333. The van der Waals surface area contributed by atoms with Crippen LogP contribution in [-0.4, -0.2) is 7.05 Å². The SMILES string of the molecule is CNC(Cc1cc(Br)cs1)c1cc(I)ccc1Br. The van der Waals surface area contributed by atoms with Crippen LogP contribution in [0.4, 0.5) is 0 Å². The van der Waals surface area contributed by atoms with Gasteiger partial charge in [0.2, 0.25) is 0 Å². The molecular formula is C13H12Br2INS. The Labute approximate surface area is 142 Å². The molecule has 1 aromatic heterocycles. The molecule has 0 amide bonds. The third kappa shape index (κ3) is 3.79. The van der Waals surface area contributed by atoms with Crippen molar-refractivity contribution in [1.82, 2.24) is 5.32 Å². The Morgan fingerprint density at radius 1 is 1.33 bits per heavy atom. The summed E-state index contributed by atoms with van der Waals surface area (Å²) in [5, 5.41) is 5.53. The van der Waals surface area contributed by atoms with Crippen LogP contribution in [0.25, 0.3) is 0 Å². The predicted octanol–water partition coefficient (Wildman–Crippen LogP) is 5.38. The monoisotopic (exact) mass is 499 g/mol. The molecule has 2 aromatic rings. The highest BCUT2D eigenvalue weighted by molar-refractivity contribution is 14.1. The first-order chi connectivity index (χ1) is 8.60. The van der Waals surface area contributed by atoms with E-state index in [4.69, 9.17) is 0 Å². The van der Waals surface area contributed by atoms with E-state index in [0.717, 1.165) is 10.9 Å². The molecule has 1 aromatic carbocycles. The van der Waals surface area contributed by atoms with E-state index >= 15 is 0 Å². The topological polar surface area (TPSA) is 12.0 Å². The van der Waals surface area contributed by atoms with E-state index in [1.165, 1.54) is 18.5 Å². The Morgan fingerprint density at radius 2 is 2.11 bits per heavy atom. The smallest absolute Gasteiger partial charge is 0.0377 e. The van der Waals surface area contributed by atoms with Crippen LogP contribution in [0.5, 0.6) is 0 Å². The van der Waals surface area contributed by atoms with E-state index in [0.29, 0.717) is 6.04 Å². The summed E-state index contributed by atoms with van der Waals surface area (Å²) in [5.74, 6) is 0. The maximum absolute atomic E-state index is 3.64. The zero-order valence-electron chi connectivity index (χ0n) is 9.71. The second-order valence-electron chi connectivity index (χ2n) is 3.94. The van der Waals surface area contributed by atoms with Crippen molar-refractivity contribution in [3.63, 3.8) is 0 Å². The number of likely N-dealkylation sites (N-methyl/N-ethyl adjacent to an activating group) is 1. The summed E-state index contributed by atoms with van der Waals surface area (Å²) in [5.41, 5.74) is 1.31. The average molecular weight is 501 g/mol. The molecule has 0 aliphatic rings. The van der Waals surface area contributed by atoms with Gasteiger partial charge in [0.25, 0.3) is 0 Å². The molecule has 0 saturated heterocycles. The van der Waals surface area contributed by atoms with Gasteiger partial charge in [0.05, 0.1) is 0 Å². The largest absolute Gasteiger partial charge is 0.313 e. The molecule has 96 valence electrons. The fourth-order valence-corrected chi connectivity index (χ4v) is 4.35. The van der Waals surface area contributed by atoms with Gasteiger partial charge in [-0.05, 0) is 75.4 Å². The van der Waals surface area contributed by atoms with Crippen molar-refractivity contribution >= 4 is 65.8 Å². The van der Waals surface area contributed by atoms with Crippen molar-refractivity contribution < 1.29 is 0 Å². The third-order valence-electron chi connectivity index (χ3n) is 2.71. The number of benzene rings is 1. The lowest BCUT2D eigenvalue weighted by Crippen LogP contribution is -2.19. The van der Waals surface area contributed by atoms with Gasteiger partial charge in [0.15, 0.2) is 0 Å². The van der Waals surface area contributed by atoms with Crippen LogP contribution in [0.15, 0.2) is 38.6 Å². The number of rotatable bonds is 4. The van der Waals surface area contributed by atoms with Crippen LogP contribution >= 0.6 is 65.8 Å². The zero-order valence-corrected chi connectivity index (χ0v) is 15.9. The van der Waals surface area contributed by atoms with E-state index in [9.17, 15) is 0 Å². The van der Waals surface area contributed by atoms with E-state index in [2.05, 4.69) is 89.4 Å². The van der Waals surface area contributed by atoms with Crippen molar-refractivity contribution in [3.8, 4) is 0 Å². The Hall–Kier alpha value is 0.570. The number of thiophene rings is 1. The normalized spacial score (nSPS) is 12.7. The highest BCUT2D eigenvalue weighted by Gasteiger charge is 2.14. The second kappa shape index (κ2) is 6.83. The molecule has 0 spiro atoms. The summed E-state index contributed by atoms with van der Waals surface area (Å²) in [6.07, 6.45) is 1.01. The maximum atomic E-state index is 3.64. The van der Waals surface area contributed by atoms with E-state index in [1.54, 1.807) is 11.3 Å². The van der Waals surface area contributed by atoms with Crippen molar-refractivity contribution in [2.24, 2.45) is 0 Å². The number of halogens is 3. The lowest BCUT2D eigenvalue weighted by atomic mass is 10.0. The van der Waals surface area contributed by atoms with Gasteiger partial charge in [-0.15, -0.1) is 11.3 Å². The van der Waals surface area contributed by atoms with Crippen LogP contribution in [0, 0.1) is 3.57 Å². The Balaban J connectivity index is 2.25. The molecule has 1 atom stereocenters. The Kier molecular flexibility index (Phi) is 5.68. The van der Waals surface area contributed by atoms with Crippen LogP contribution in [0.2, 0.25) is 0 Å². The quantitative estimate of drug-likeness (QED) is 0.556. The predicted molar refractivity (Wildman–Crippen MR) is 94.4 cm³/mol. The van der Waals surface area contributed by atoms with Gasteiger partial charge in [-0.2, -0.15) is 0 Å². The van der Waals surface area contributed by atoms with Crippen molar-refractivity contribution in [1.29, 1.82) is 0 Å². The maximum Gasteiger partial charge on any atom is 0.0377 e. The first-order valence-electron chi connectivity index (χ1n) is 5.45. The summed E-state index contributed by atoms with van der Waals surface area (Å²) < 4.78 is 3.59. The van der Waals surface area contributed by atoms with Gasteiger partial charge in [0.1, 0.15) is 0 Å². The fourth-order valence-electron chi connectivity index (χ4n) is 1.81. The number of hydrogen-bond acceptors (Lipinski definition) is 2. The molecule has 0 fully saturated rings. The molecule has 5 heteroatoms. The number of nitrogens with one attached hydrogen (secondary N) is 1. The van der Waals surface area contributed by atoms with Gasteiger partial charge < -0.3 is 5.32 Å². The van der Waals surface area contributed by atoms with Crippen molar-refractivity contribution in [2.45, 2.75) is 12.5 Å². The van der Waals surface area contributed by atoms with Gasteiger partial charge >= 0.3 is 0 Å². The van der Waals surface area contributed by atoms with Gasteiger partial charge in [-0.25, -0.2) is 0 Å². The van der Waals surface area contributed by atoms with Crippen LogP contribution in [-0.2, 0) is 6.42 Å². The molecule has 2 rings (SSSR count). The highest BCUT2D eigenvalue weighted by Crippen LogP contribution is 2.30. The second-order valence-corrected chi connectivity index (χ2v) is 7.95. The molecule has 0 aliphatic carbocycles. The molecule has 1 heterocycles. The zero-order chi connectivity index (χ0) is 13.1. The summed E-state index contributed by atoms with van der Waals surface area (Å²) >= 11 is 11.3. The van der Waals surface area contributed by atoms with Crippen LogP contribution < -0.4 is 5.32 Å². The summed E-state index contributed by atoms with van der Waals surface area (Å²) in [6, 6.07) is 8.99. The van der Waals surface area contributed by atoms with E-state index in [1.807, 2.05) is 7.05 Å². The van der Waals surface area contributed by atoms with Crippen LogP contribution in [0.3, 0.4) is 0 Å². The summed E-state index contributed by atoms with van der Waals surface area (Å²) in [6.45, 7) is 0. The Bertz CT molecular complexity index is 542. The minimum absolute atomic E-state index is 0.333. The lowest BCUT2D eigenvalue weighted by molar-refractivity contribution is 0.594. The molecule has 0 aliphatic heterocycles. The molecule has 18 heavy (non-hydrogen) atoms. The van der Waals surface area contributed by atoms with E-state index < -0.39 is 0 Å². The molecule has 1 N–H and O–H groups in total. The fraction of sp³-hybridized carbons (Fsp3) is 0.231. The molecule has 1 unspecified atom stereocenters. The molecule has 0 saturated carbocycles. The number of hydrogen-bond donors (Lipinski definition) is 1. The van der Waals surface area contributed by atoms with Crippen molar-refractivity contribution in [2.75, 3.05) is 7.05 Å². The molecule has 1 nitrogen and oxygen atoms in total. The summed E-state index contributed by atoms with van der Waals surface area (Å²) in [4.78, 5) is 1.38. The molecular weight excluding hydrogens is 489 g/mol.